The molecule has 0 saturated carbocycles. The second-order valence-electron chi connectivity index (χ2n) is 4.18. The number of nitrogens with two attached hydrogens (primary N) is 1. The normalized spacial score (nSPS) is 12.2. The zero-order chi connectivity index (χ0) is 15.5. The van der Waals surface area contributed by atoms with E-state index in [0.717, 1.165) is 0 Å². The van der Waals surface area contributed by atoms with Crippen LogP contribution in [0.1, 0.15) is 23.0 Å². The number of nitrogens with one attached hydrogen (secondary N) is 1. The first-order valence-corrected chi connectivity index (χ1v) is 7.44. The number of furan rings is 1. The highest BCUT2D eigenvalue weighted by Crippen LogP contribution is 2.09. The van der Waals surface area contributed by atoms with Gasteiger partial charge in [0, 0.05) is 0 Å². The van der Waals surface area contributed by atoms with Crippen molar-refractivity contribution in [3.05, 3.63) is 54.0 Å². The first kappa shape index (κ1) is 14.9. The van der Waals surface area contributed by atoms with Crippen LogP contribution >= 0.6 is 0 Å². The van der Waals surface area contributed by atoms with Crippen molar-refractivity contribution in [1.29, 1.82) is 0 Å². The Morgan fingerprint density at radius 3 is 2.43 bits per heavy atom. The molecule has 0 fully saturated rings. The second kappa shape index (κ2) is 5.90. The van der Waals surface area contributed by atoms with Crippen LogP contribution in [0.25, 0.3) is 0 Å². The largest absolute Gasteiger partial charge is 0.459 e. The second-order valence-corrected chi connectivity index (χ2v) is 5.75. The summed E-state index contributed by atoms with van der Waals surface area (Å²) in [5.41, 5.74) is 3.51. The molecule has 0 unspecified atom stereocenters. The van der Waals surface area contributed by atoms with Crippen LogP contribution in [0.15, 0.2) is 57.1 Å². The van der Waals surface area contributed by atoms with Crippen molar-refractivity contribution in [3.8, 4) is 0 Å². The summed E-state index contributed by atoms with van der Waals surface area (Å²) in [5, 5.41) is 8.93. The Morgan fingerprint density at radius 1 is 1.24 bits per heavy atom. The summed E-state index contributed by atoms with van der Waals surface area (Å²) in [6.07, 6.45) is 1.39. The Hall–Kier alpha value is -2.45. The van der Waals surface area contributed by atoms with Crippen LogP contribution in [-0.4, -0.2) is 20.0 Å². The van der Waals surface area contributed by atoms with Crippen LogP contribution in [0, 0.1) is 0 Å². The van der Waals surface area contributed by atoms with Crippen LogP contribution < -0.4 is 10.6 Å². The first-order valence-electron chi connectivity index (χ1n) is 5.89. The van der Waals surface area contributed by atoms with Gasteiger partial charge in [0.05, 0.1) is 16.9 Å². The van der Waals surface area contributed by atoms with Crippen LogP contribution in [0.3, 0.4) is 0 Å². The smallest absolute Gasteiger partial charge is 0.307 e. The molecular formula is C13H13N3O4S. The lowest BCUT2D eigenvalue weighted by atomic mass is 10.1. The number of sulfonamides is 1. The van der Waals surface area contributed by atoms with Crippen molar-refractivity contribution in [3.63, 3.8) is 0 Å². The zero-order valence-electron chi connectivity index (χ0n) is 11.1. The summed E-state index contributed by atoms with van der Waals surface area (Å²) < 4.78 is 27.2. The van der Waals surface area contributed by atoms with E-state index in [1.165, 1.54) is 24.5 Å². The summed E-state index contributed by atoms with van der Waals surface area (Å²) in [6.45, 7) is 1.67. The highest BCUT2D eigenvalue weighted by Gasteiger charge is 2.09. The summed E-state index contributed by atoms with van der Waals surface area (Å²) >= 11 is 0. The quantitative estimate of drug-likeness (QED) is 0.649. The van der Waals surface area contributed by atoms with Gasteiger partial charge in [0.25, 0.3) is 0 Å². The number of primary sulfonamides is 1. The van der Waals surface area contributed by atoms with Gasteiger partial charge in [-0.1, -0.05) is 12.1 Å². The van der Waals surface area contributed by atoms with Gasteiger partial charge in [-0.15, -0.1) is 0 Å². The van der Waals surface area contributed by atoms with E-state index >= 15 is 0 Å². The lowest BCUT2D eigenvalue weighted by molar-refractivity contribution is 0.0927. The minimum Gasteiger partial charge on any atom is -0.459 e. The monoisotopic (exact) mass is 307 g/mol. The third kappa shape index (κ3) is 3.77. The van der Waals surface area contributed by atoms with Gasteiger partial charge in [0.1, 0.15) is 0 Å². The molecule has 0 aliphatic rings. The van der Waals surface area contributed by atoms with E-state index in [-0.39, 0.29) is 10.7 Å². The maximum absolute atomic E-state index is 11.6. The molecule has 21 heavy (non-hydrogen) atoms. The molecule has 0 spiro atoms. The Morgan fingerprint density at radius 2 is 1.90 bits per heavy atom. The number of carbonyl (C=O) groups is 1. The van der Waals surface area contributed by atoms with Crippen molar-refractivity contribution in [2.24, 2.45) is 10.2 Å². The van der Waals surface area contributed by atoms with Crippen molar-refractivity contribution >= 4 is 21.6 Å². The lowest BCUT2D eigenvalue weighted by Gasteiger charge is -2.03. The van der Waals surface area contributed by atoms with E-state index in [0.29, 0.717) is 11.3 Å². The molecule has 0 atom stereocenters. The molecule has 2 aromatic rings. The molecule has 0 saturated heterocycles. The first-order chi connectivity index (χ1) is 9.88. The van der Waals surface area contributed by atoms with Gasteiger partial charge in [-0.2, -0.15) is 5.10 Å². The lowest BCUT2D eigenvalue weighted by Crippen LogP contribution is -2.18. The zero-order valence-corrected chi connectivity index (χ0v) is 11.9. The predicted molar refractivity (Wildman–Crippen MR) is 76.2 cm³/mol. The number of hydrogen-bond acceptors (Lipinski definition) is 5. The van der Waals surface area contributed by atoms with E-state index in [2.05, 4.69) is 10.5 Å². The molecule has 1 aromatic carbocycles. The molecule has 0 radical (unpaired) electrons. The molecule has 7 nitrogen and oxygen atoms in total. The molecule has 0 aliphatic carbocycles. The molecule has 2 rings (SSSR count). The summed E-state index contributed by atoms with van der Waals surface area (Å²) in [7, 11) is -3.72. The van der Waals surface area contributed by atoms with Crippen LogP contribution in [0.5, 0.6) is 0 Å². The van der Waals surface area contributed by atoms with Gasteiger partial charge in [-0.25, -0.2) is 19.0 Å². The number of rotatable bonds is 4. The fourth-order valence-corrected chi connectivity index (χ4v) is 2.06. The number of amides is 1. The van der Waals surface area contributed by atoms with E-state index in [1.54, 1.807) is 25.1 Å². The third-order valence-corrected chi connectivity index (χ3v) is 3.60. The number of benzene rings is 1. The SMILES string of the molecule is CC(=NNC(=O)c1ccco1)c1ccc(S(N)(=O)=O)cc1. The van der Waals surface area contributed by atoms with E-state index < -0.39 is 15.9 Å². The third-order valence-electron chi connectivity index (χ3n) is 2.67. The average Bonchev–Trinajstić information content (AvgIpc) is 2.98. The molecule has 0 aliphatic heterocycles. The minimum atomic E-state index is -3.72. The average molecular weight is 307 g/mol. The molecule has 0 bridgehead atoms. The van der Waals surface area contributed by atoms with Crippen LogP contribution in [-0.2, 0) is 10.0 Å². The molecule has 1 amide bonds. The van der Waals surface area contributed by atoms with Gasteiger partial charge in [-0.05, 0) is 36.8 Å². The van der Waals surface area contributed by atoms with E-state index in [1.807, 2.05) is 0 Å². The summed E-state index contributed by atoms with van der Waals surface area (Å²) in [6, 6.07) is 8.96. The molecule has 8 heteroatoms. The fourth-order valence-electron chi connectivity index (χ4n) is 1.55. The molecule has 1 heterocycles. The topological polar surface area (TPSA) is 115 Å². The standard InChI is InChI=1S/C13H13N3O4S/c1-9(15-16-13(17)12-3-2-8-20-12)10-4-6-11(7-5-10)21(14,18)19/h2-8H,1H3,(H,16,17)(H2,14,18,19). The Bertz CT molecular complexity index is 762. The highest BCUT2D eigenvalue weighted by atomic mass is 32.2. The van der Waals surface area contributed by atoms with Gasteiger partial charge in [-0.3, -0.25) is 4.79 Å². The molecule has 1 aromatic heterocycles. The number of nitrogens with zero attached hydrogens (tertiary/aromatic N) is 1. The molecular weight excluding hydrogens is 294 g/mol. The number of carbonyl (C=O) groups excluding carboxylic acids is 1. The van der Waals surface area contributed by atoms with Gasteiger partial charge < -0.3 is 4.42 Å². The number of hydrazone groups is 1. The van der Waals surface area contributed by atoms with Crippen molar-refractivity contribution in [1.82, 2.24) is 5.43 Å². The highest BCUT2D eigenvalue weighted by molar-refractivity contribution is 7.89. The van der Waals surface area contributed by atoms with Crippen LogP contribution in [0.2, 0.25) is 0 Å². The Labute approximate surface area is 121 Å². The van der Waals surface area contributed by atoms with Crippen molar-refractivity contribution in [2.45, 2.75) is 11.8 Å². The van der Waals surface area contributed by atoms with Crippen molar-refractivity contribution in [2.75, 3.05) is 0 Å². The maximum Gasteiger partial charge on any atom is 0.307 e. The van der Waals surface area contributed by atoms with E-state index in [4.69, 9.17) is 9.56 Å². The summed E-state index contributed by atoms with van der Waals surface area (Å²) in [5.74, 6) is -0.323. The molecule has 110 valence electrons. The Kier molecular flexibility index (Phi) is 4.20. The van der Waals surface area contributed by atoms with E-state index in [9.17, 15) is 13.2 Å². The predicted octanol–water partition coefficient (Wildman–Crippen LogP) is 1.08. The van der Waals surface area contributed by atoms with Crippen molar-refractivity contribution < 1.29 is 17.6 Å². The Balaban J connectivity index is 2.11. The van der Waals surface area contributed by atoms with Crippen LogP contribution in [0.4, 0.5) is 0 Å². The van der Waals surface area contributed by atoms with Gasteiger partial charge in [0.15, 0.2) is 5.76 Å². The number of hydrogen-bond donors (Lipinski definition) is 2. The minimum absolute atomic E-state index is 0.0127. The fraction of sp³-hybridized carbons (Fsp3) is 0.0769. The maximum atomic E-state index is 11.6. The molecule has 3 N–H and O–H groups in total. The van der Waals surface area contributed by atoms with Gasteiger partial charge in [0.2, 0.25) is 10.0 Å². The summed E-state index contributed by atoms with van der Waals surface area (Å²) in [4.78, 5) is 11.6. The van der Waals surface area contributed by atoms with Gasteiger partial charge >= 0.3 is 5.91 Å².